The molecular formula is C19H18N2O2. The molecule has 23 heavy (non-hydrogen) atoms. The summed E-state index contributed by atoms with van der Waals surface area (Å²) in [6, 6.07) is 16.3. The van der Waals surface area contributed by atoms with Gasteiger partial charge in [0.05, 0.1) is 12.8 Å². The second-order valence-corrected chi connectivity index (χ2v) is 5.27. The molecule has 1 aliphatic heterocycles. The number of amides is 1. The Morgan fingerprint density at radius 1 is 1.09 bits per heavy atom. The molecule has 0 bridgehead atoms. The Bertz CT molecular complexity index is 779. The lowest BCUT2D eigenvalue weighted by atomic mass is 9.95. The molecule has 1 aliphatic rings. The number of nitrogens with one attached hydrogen (secondary N) is 1. The van der Waals surface area contributed by atoms with Gasteiger partial charge in [-0.05, 0) is 18.1 Å². The van der Waals surface area contributed by atoms with Gasteiger partial charge in [-0.25, -0.2) is 9.69 Å². The highest BCUT2D eigenvalue weighted by atomic mass is 16.5. The summed E-state index contributed by atoms with van der Waals surface area (Å²) in [4.78, 5) is 13.5. The van der Waals surface area contributed by atoms with E-state index in [-0.39, 0.29) is 0 Å². The Balaban J connectivity index is 2.13. The normalized spacial score (nSPS) is 13.3. The number of ether oxygens (including phenoxy) is 1. The minimum Gasteiger partial charge on any atom is -0.452 e. The van der Waals surface area contributed by atoms with Crippen LogP contribution in [0.4, 0.5) is 4.79 Å². The van der Waals surface area contributed by atoms with E-state index in [9.17, 15) is 4.79 Å². The smallest absolute Gasteiger partial charge is 0.418 e. The van der Waals surface area contributed by atoms with Gasteiger partial charge in [0.25, 0.3) is 0 Å². The van der Waals surface area contributed by atoms with E-state index in [4.69, 9.17) is 4.74 Å². The van der Waals surface area contributed by atoms with Crippen molar-refractivity contribution in [1.82, 2.24) is 10.2 Å². The first-order valence-corrected chi connectivity index (χ1v) is 7.37. The summed E-state index contributed by atoms with van der Waals surface area (Å²) in [5.41, 5.74) is 5.05. The number of rotatable bonds is 2. The van der Waals surface area contributed by atoms with Crippen molar-refractivity contribution in [3.63, 3.8) is 0 Å². The van der Waals surface area contributed by atoms with Crippen molar-refractivity contribution in [1.29, 1.82) is 0 Å². The quantitative estimate of drug-likeness (QED) is 0.908. The molecule has 1 heterocycles. The predicted molar refractivity (Wildman–Crippen MR) is 91.1 cm³/mol. The number of hydrogen-bond acceptors (Lipinski definition) is 3. The van der Waals surface area contributed by atoms with Crippen molar-refractivity contribution in [2.75, 3.05) is 7.11 Å². The largest absolute Gasteiger partial charge is 0.452 e. The zero-order chi connectivity index (χ0) is 16.2. The van der Waals surface area contributed by atoms with E-state index in [1.165, 1.54) is 12.0 Å². The molecule has 3 rings (SSSR count). The number of hydrogen-bond donors (Lipinski definition) is 1. The molecule has 0 unspecified atom stereocenters. The van der Waals surface area contributed by atoms with Crippen molar-refractivity contribution >= 4 is 11.8 Å². The van der Waals surface area contributed by atoms with Gasteiger partial charge in [-0.1, -0.05) is 54.1 Å². The van der Waals surface area contributed by atoms with E-state index < -0.39 is 6.09 Å². The lowest BCUT2D eigenvalue weighted by Gasteiger charge is -2.25. The molecule has 4 heteroatoms. The molecule has 0 saturated carbocycles. The Labute approximate surface area is 135 Å². The molecule has 1 amide bonds. The highest BCUT2D eigenvalue weighted by molar-refractivity contribution is 5.89. The third-order valence-electron chi connectivity index (χ3n) is 3.71. The number of benzene rings is 2. The monoisotopic (exact) mass is 306 g/mol. The third kappa shape index (κ3) is 2.97. The van der Waals surface area contributed by atoms with Crippen LogP contribution in [0.25, 0.3) is 16.8 Å². The van der Waals surface area contributed by atoms with E-state index in [0.717, 1.165) is 28.0 Å². The van der Waals surface area contributed by atoms with E-state index in [1.54, 1.807) is 18.6 Å². The highest BCUT2D eigenvalue weighted by Gasteiger charge is 2.22. The second kappa shape index (κ2) is 6.40. The van der Waals surface area contributed by atoms with Gasteiger partial charge in [-0.15, -0.1) is 0 Å². The van der Waals surface area contributed by atoms with Crippen LogP contribution in [0.3, 0.4) is 0 Å². The van der Waals surface area contributed by atoms with Gasteiger partial charge in [-0.3, -0.25) is 0 Å². The second-order valence-electron chi connectivity index (χ2n) is 5.27. The van der Waals surface area contributed by atoms with Crippen molar-refractivity contribution < 1.29 is 9.53 Å². The number of aryl methyl sites for hydroxylation is 1. The zero-order valence-electron chi connectivity index (χ0n) is 13.1. The van der Waals surface area contributed by atoms with Crippen molar-refractivity contribution in [3.8, 4) is 11.1 Å². The van der Waals surface area contributed by atoms with Gasteiger partial charge in [-0.2, -0.15) is 0 Å². The first-order valence-electron chi connectivity index (χ1n) is 7.37. The van der Waals surface area contributed by atoms with E-state index in [2.05, 4.69) is 30.4 Å². The number of nitrogens with zero attached hydrogens (tertiary/aromatic N) is 1. The van der Waals surface area contributed by atoms with Gasteiger partial charge in [0.2, 0.25) is 0 Å². The minimum atomic E-state index is -0.423. The van der Waals surface area contributed by atoms with Gasteiger partial charge in [0.1, 0.15) is 0 Å². The fourth-order valence-electron chi connectivity index (χ4n) is 2.60. The van der Waals surface area contributed by atoms with Crippen LogP contribution in [0, 0.1) is 6.92 Å². The van der Waals surface area contributed by atoms with Crippen LogP contribution in [0.1, 0.15) is 11.1 Å². The summed E-state index contributed by atoms with van der Waals surface area (Å²) < 4.78 is 4.88. The topological polar surface area (TPSA) is 41.6 Å². The van der Waals surface area contributed by atoms with Crippen molar-refractivity contribution in [2.45, 2.75) is 6.92 Å². The van der Waals surface area contributed by atoms with Gasteiger partial charge < -0.3 is 10.1 Å². The molecule has 0 radical (unpaired) electrons. The molecule has 1 N–H and O–H groups in total. The summed E-state index contributed by atoms with van der Waals surface area (Å²) in [6.07, 6.45) is 4.73. The predicted octanol–water partition coefficient (Wildman–Crippen LogP) is 4.10. The Morgan fingerprint density at radius 2 is 1.87 bits per heavy atom. The van der Waals surface area contributed by atoms with Crippen LogP contribution < -0.4 is 5.32 Å². The first kappa shape index (κ1) is 14.9. The fourth-order valence-corrected chi connectivity index (χ4v) is 2.60. The first-order chi connectivity index (χ1) is 11.2. The maximum absolute atomic E-state index is 12.0. The Kier molecular flexibility index (Phi) is 4.15. The summed E-state index contributed by atoms with van der Waals surface area (Å²) in [6.45, 7) is 2.06. The number of carbonyl (C=O) groups is 1. The van der Waals surface area contributed by atoms with Crippen molar-refractivity contribution in [2.24, 2.45) is 0 Å². The van der Waals surface area contributed by atoms with Crippen LogP contribution in [0.2, 0.25) is 0 Å². The third-order valence-corrected chi connectivity index (χ3v) is 3.71. The minimum absolute atomic E-state index is 0.423. The highest BCUT2D eigenvalue weighted by Crippen LogP contribution is 2.32. The SMILES string of the molecule is COC(=O)N1C=CNC=C1c1ccc(C)cc1-c1ccccc1. The molecule has 2 aromatic rings. The number of carbonyl (C=O) groups excluding carboxylic acids is 1. The molecular weight excluding hydrogens is 288 g/mol. The van der Waals surface area contributed by atoms with Crippen LogP contribution in [0.5, 0.6) is 0 Å². The summed E-state index contributed by atoms with van der Waals surface area (Å²) in [7, 11) is 1.38. The van der Waals surface area contributed by atoms with Crippen LogP contribution >= 0.6 is 0 Å². The van der Waals surface area contributed by atoms with Crippen molar-refractivity contribution in [3.05, 3.63) is 78.3 Å². The molecule has 0 fully saturated rings. The lowest BCUT2D eigenvalue weighted by Crippen LogP contribution is -2.28. The summed E-state index contributed by atoms with van der Waals surface area (Å²) >= 11 is 0. The average Bonchev–Trinajstić information content (AvgIpc) is 2.62. The molecule has 0 aliphatic carbocycles. The van der Waals surface area contributed by atoms with Gasteiger partial charge in [0.15, 0.2) is 0 Å². The average molecular weight is 306 g/mol. The standard InChI is InChI=1S/C19H18N2O2/c1-14-8-9-16(17(12-14)15-6-4-3-5-7-15)18-13-20-10-11-21(18)19(22)23-2/h3-13,20H,1-2H3. The fraction of sp³-hybridized carbons (Fsp3) is 0.105. The van der Waals surface area contributed by atoms with Crippen LogP contribution in [-0.4, -0.2) is 18.1 Å². The van der Waals surface area contributed by atoms with Crippen LogP contribution in [-0.2, 0) is 4.74 Å². The molecule has 0 saturated heterocycles. The maximum atomic E-state index is 12.0. The lowest BCUT2D eigenvalue weighted by molar-refractivity contribution is 0.153. The Morgan fingerprint density at radius 3 is 2.61 bits per heavy atom. The zero-order valence-corrected chi connectivity index (χ0v) is 13.1. The molecule has 116 valence electrons. The number of methoxy groups -OCH3 is 1. The summed E-state index contributed by atoms with van der Waals surface area (Å²) in [5, 5.41) is 3.04. The van der Waals surface area contributed by atoms with E-state index in [0.29, 0.717) is 0 Å². The molecule has 2 aromatic carbocycles. The van der Waals surface area contributed by atoms with E-state index >= 15 is 0 Å². The molecule has 4 nitrogen and oxygen atoms in total. The van der Waals surface area contributed by atoms with Gasteiger partial charge in [0, 0.05) is 24.2 Å². The summed E-state index contributed by atoms with van der Waals surface area (Å²) in [5.74, 6) is 0. The van der Waals surface area contributed by atoms with Gasteiger partial charge >= 0.3 is 6.09 Å². The molecule has 0 atom stereocenters. The maximum Gasteiger partial charge on any atom is 0.418 e. The molecule has 0 aromatic heterocycles. The Hall–Kier alpha value is -3.01. The van der Waals surface area contributed by atoms with Crippen LogP contribution in [0.15, 0.2) is 67.1 Å². The van der Waals surface area contributed by atoms with E-state index in [1.807, 2.05) is 30.3 Å². The molecule has 0 spiro atoms.